The molecule has 17 heavy (non-hydrogen) atoms. The van der Waals surface area contributed by atoms with Crippen LogP contribution in [0.15, 0.2) is 18.2 Å². The first-order valence-electron chi connectivity index (χ1n) is 5.65. The van der Waals surface area contributed by atoms with E-state index in [2.05, 4.69) is 15.6 Å². The summed E-state index contributed by atoms with van der Waals surface area (Å²) in [4.78, 5) is 16.0. The highest BCUT2D eigenvalue weighted by molar-refractivity contribution is 7.18. The maximum absolute atomic E-state index is 11.6. The van der Waals surface area contributed by atoms with E-state index in [0.29, 0.717) is 6.04 Å². The lowest BCUT2D eigenvalue weighted by molar-refractivity contribution is 0.251. The highest BCUT2D eigenvalue weighted by atomic mass is 32.1. The Hall–Kier alpha value is -1.62. The van der Waals surface area contributed by atoms with Gasteiger partial charge < -0.3 is 10.6 Å². The number of rotatable bonds is 2. The second-order valence-electron chi connectivity index (χ2n) is 4.29. The molecule has 1 heterocycles. The standard InChI is InChI=1S/C12H13N3OS/c1-7-13-10-6-9(4-5-11(10)17-7)15-12(16)14-8-2-3-8/h4-6,8H,2-3H2,1H3,(H2,14,15,16). The first kappa shape index (κ1) is 10.5. The van der Waals surface area contributed by atoms with Gasteiger partial charge in [-0.15, -0.1) is 11.3 Å². The molecule has 5 heteroatoms. The number of hydrogen-bond acceptors (Lipinski definition) is 3. The molecule has 0 bridgehead atoms. The van der Waals surface area contributed by atoms with Crippen LogP contribution in [-0.4, -0.2) is 17.1 Å². The number of nitrogens with zero attached hydrogens (tertiary/aromatic N) is 1. The normalized spacial score (nSPS) is 14.9. The Morgan fingerprint density at radius 3 is 3.06 bits per heavy atom. The van der Waals surface area contributed by atoms with Crippen LogP contribution in [0.2, 0.25) is 0 Å². The average molecular weight is 247 g/mol. The minimum Gasteiger partial charge on any atom is -0.335 e. The number of fused-ring (bicyclic) bond motifs is 1. The van der Waals surface area contributed by atoms with Gasteiger partial charge in [0.2, 0.25) is 0 Å². The Balaban J connectivity index is 1.77. The zero-order chi connectivity index (χ0) is 11.8. The summed E-state index contributed by atoms with van der Waals surface area (Å²) in [5.74, 6) is 0. The van der Waals surface area contributed by atoms with E-state index in [-0.39, 0.29) is 6.03 Å². The quantitative estimate of drug-likeness (QED) is 0.857. The number of anilines is 1. The van der Waals surface area contributed by atoms with Crippen molar-refractivity contribution in [3.63, 3.8) is 0 Å². The largest absolute Gasteiger partial charge is 0.335 e. The van der Waals surface area contributed by atoms with Gasteiger partial charge in [-0.25, -0.2) is 9.78 Å². The maximum Gasteiger partial charge on any atom is 0.319 e. The highest BCUT2D eigenvalue weighted by Gasteiger charge is 2.23. The fourth-order valence-electron chi connectivity index (χ4n) is 1.70. The third kappa shape index (κ3) is 2.39. The lowest BCUT2D eigenvalue weighted by atomic mass is 10.3. The van der Waals surface area contributed by atoms with Crippen molar-refractivity contribution in [1.82, 2.24) is 10.3 Å². The fraction of sp³-hybridized carbons (Fsp3) is 0.333. The summed E-state index contributed by atoms with van der Waals surface area (Å²) in [6, 6.07) is 6.06. The minimum absolute atomic E-state index is 0.126. The molecule has 0 atom stereocenters. The molecule has 0 unspecified atom stereocenters. The molecule has 0 radical (unpaired) electrons. The summed E-state index contributed by atoms with van der Waals surface area (Å²) in [7, 11) is 0. The van der Waals surface area contributed by atoms with Gasteiger partial charge in [0.15, 0.2) is 0 Å². The number of benzene rings is 1. The molecule has 1 aromatic heterocycles. The van der Waals surface area contributed by atoms with Crippen LogP contribution in [0.1, 0.15) is 17.8 Å². The number of carbonyl (C=O) groups is 1. The van der Waals surface area contributed by atoms with Gasteiger partial charge in [-0.2, -0.15) is 0 Å². The van der Waals surface area contributed by atoms with Crippen molar-refractivity contribution < 1.29 is 4.79 Å². The van der Waals surface area contributed by atoms with Crippen LogP contribution < -0.4 is 10.6 Å². The third-order valence-corrected chi connectivity index (χ3v) is 3.62. The number of aryl methyl sites for hydroxylation is 1. The van der Waals surface area contributed by atoms with E-state index in [0.717, 1.165) is 33.8 Å². The van der Waals surface area contributed by atoms with Gasteiger partial charge in [0.25, 0.3) is 0 Å². The van der Waals surface area contributed by atoms with Crippen LogP contribution in [0.25, 0.3) is 10.2 Å². The van der Waals surface area contributed by atoms with Gasteiger partial charge in [-0.1, -0.05) is 0 Å². The SMILES string of the molecule is Cc1nc2cc(NC(=O)NC3CC3)ccc2s1. The van der Waals surface area contributed by atoms with Gasteiger partial charge in [0, 0.05) is 11.7 Å². The Morgan fingerprint density at radius 2 is 2.29 bits per heavy atom. The topological polar surface area (TPSA) is 54.0 Å². The third-order valence-electron chi connectivity index (χ3n) is 2.66. The van der Waals surface area contributed by atoms with Gasteiger partial charge >= 0.3 is 6.03 Å². The predicted molar refractivity (Wildman–Crippen MR) is 69.5 cm³/mol. The summed E-state index contributed by atoms with van der Waals surface area (Å²) in [6.45, 7) is 1.98. The van der Waals surface area contributed by atoms with Crippen LogP contribution in [0, 0.1) is 6.92 Å². The minimum atomic E-state index is -0.126. The molecular formula is C12H13N3OS. The van der Waals surface area contributed by atoms with E-state index in [1.54, 1.807) is 11.3 Å². The molecule has 2 aromatic rings. The van der Waals surface area contributed by atoms with Gasteiger partial charge in [-0.05, 0) is 38.0 Å². The number of hydrogen-bond donors (Lipinski definition) is 2. The molecule has 1 aromatic carbocycles. The van der Waals surface area contributed by atoms with E-state index >= 15 is 0 Å². The molecule has 0 spiro atoms. The number of aromatic nitrogens is 1. The van der Waals surface area contributed by atoms with E-state index in [1.165, 1.54) is 0 Å². The Labute approximate surface area is 103 Å². The zero-order valence-corrected chi connectivity index (χ0v) is 10.3. The van der Waals surface area contributed by atoms with Gasteiger partial charge in [-0.3, -0.25) is 0 Å². The van der Waals surface area contributed by atoms with Crippen molar-refractivity contribution >= 4 is 33.3 Å². The Morgan fingerprint density at radius 1 is 1.47 bits per heavy atom. The molecule has 3 rings (SSSR count). The predicted octanol–water partition coefficient (Wildman–Crippen LogP) is 2.89. The van der Waals surface area contributed by atoms with E-state index in [1.807, 2.05) is 25.1 Å². The smallest absolute Gasteiger partial charge is 0.319 e. The monoisotopic (exact) mass is 247 g/mol. The van der Waals surface area contributed by atoms with Crippen LogP contribution in [0.5, 0.6) is 0 Å². The average Bonchev–Trinajstić information content (AvgIpc) is 2.98. The molecule has 1 aliphatic rings. The van der Waals surface area contributed by atoms with Crippen molar-refractivity contribution in [2.75, 3.05) is 5.32 Å². The van der Waals surface area contributed by atoms with E-state index in [4.69, 9.17) is 0 Å². The molecule has 88 valence electrons. The van der Waals surface area contributed by atoms with Gasteiger partial charge in [0.1, 0.15) is 0 Å². The second-order valence-corrected chi connectivity index (χ2v) is 5.52. The molecule has 1 aliphatic carbocycles. The molecule has 4 nitrogen and oxygen atoms in total. The molecule has 2 amide bonds. The van der Waals surface area contributed by atoms with Crippen molar-refractivity contribution in [3.05, 3.63) is 23.2 Å². The van der Waals surface area contributed by atoms with Crippen LogP contribution in [-0.2, 0) is 0 Å². The maximum atomic E-state index is 11.6. The molecule has 0 saturated heterocycles. The van der Waals surface area contributed by atoms with Crippen LogP contribution >= 0.6 is 11.3 Å². The highest BCUT2D eigenvalue weighted by Crippen LogP contribution is 2.24. The number of thiazole rings is 1. The van der Waals surface area contributed by atoms with Crippen molar-refractivity contribution in [1.29, 1.82) is 0 Å². The zero-order valence-electron chi connectivity index (χ0n) is 9.49. The molecule has 2 N–H and O–H groups in total. The van der Waals surface area contributed by atoms with Crippen LogP contribution in [0.3, 0.4) is 0 Å². The Bertz CT molecular complexity index is 574. The molecule has 1 fully saturated rings. The number of carbonyl (C=O) groups excluding carboxylic acids is 1. The summed E-state index contributed by atoms with van der Waals surface area (Å²) in [5, 5.41) is 6.76. The van der Waals surface area contributed by atoms with Crippen molar-refractivity contribution in [2.45, 2.75) is 25.8 Å². The fourth-order valence-corrected chi connectivity index (χ4v) is 2.51. The van der Waals surface area contributed by atoms with E-state index in [9.17, 15) is 4.79 Å². The summed E-state index contributed by atoms with van der Waals surface area (Å²) in [6.07, 6.45) is 2.19. The molecule has 1 saturated carbocycles. The van der Waals surface area contributed by atoms with Crippen molar-refractivity contribution in [2.24, 2.45) is 0 Å². The van der Waals surface area contributed by atoms with Gasteiger partial charge in [0.05, 0.1) is 15.2 Å². The summed E-state index contributed by atoms with van der Waals surface area (Å²) < 4.78 is 1.15. The second kappa shape index (κ2) is 4.00. The Kier molecular flexibility index (Phi) is 2.48. The lowest BCUT2D eigenvalue weighted by Gasteiger charge is -2.05. The number of amides is 2. The van der Waals surface area contributed by atoms with Crippen molar-refractivity contribution in [3.8, 4) is 0 Å². The number of nitrogens with one attached hydrogen (secondary N) is 2. The summed E-state index contributed by atoms with van der Waals surface area (Å²) in [5.41, 5.74) is 1.73. The molecule has 0 aliphatic heterocycles. The van der Waals surface area contributed by atoms with E-state index < -0.39 is 0 Å². The first-order valence-corrected chi connectivity index (χ1v) is 6.47. The lowest BCUT2D eigenvalue weighted by Crippen LogP contribution is -2.30. The first-order chi connectivity index (χ1) is 8.20. The molecular weight excluding hydrogens is 234 g/mol. The summed E-state index contributed by atoms with van der Waals surface area (Å²) >= 11 is 1.66. The number of urea groups is 1. The van der Waals surface area contributed by atoms with Crippen LogP contribution in [0.4, 0.5) is 10.5 Å².